The molecule has 0 unspecified atom stereocenters. The maximum atomic E-state index is 12.7. The molecule has 8 nitrogen and oxygen atoms in total. The molecule has 5 rings (SSSR count). The van der Waals surface area contributed by atoms with Crippen LogP contribution >= 0.6 is 34.7 Å². The van der Waals surface area contributed by atoms with E-state index in [4.69, 9.17) is 20.8 Å². The number of thioether (sulfide) groups is 1. The molecule has 0 radical (unpaired) electrons. The van der Waals surface area contributed by atoms with Crippen LogP contribution < -0.4 is 10.1 Å². The number of halogens is 1. The van der Waals surface area contributed by atoms with E-state index in [1.165, 1.54) is 23.1 Å². The smallest absolute Gasteiger partial charge is 0.236 e. The van der Waals surface area contributed by atoms with Crippen LogP contribution in [0.15, 0.2) is 81.9 Å². The number of ether oxygens (including phenoxy) is 1. The fraction of sp³-hybridized carbons (Fsp3) is 0.0833. The predicted octanol–water partition coefficient (Wildman–Crippen LogP) is 6.04. The minimum absolute atomic E-state index is 0.126. The molecule has 35 heavy (non-hydrogen) atoms. The van der Waals surface area contributed by atoms with Crippen LogP contribution in [0.25, 0.3) is 28.5 Å². The van der Waals surface area contributed by atoms with Crippen molar-refractivity contribution in [3.05, 3.63) is 77.3 Å². The number of nitrogens with one attached hydrogen (secondary N) is 1. The lowest BCUT2D eigenvalue weighted by atomic mass is 10.2. The lowest BCUT2D eigenvalue weighted by molar-refractivity contribution is -0.113. The van der Waals surface area contributed by atoms with Crippen LogP contribution in [-0.2, 0) is 4.79 Å². The molecular weight excluding hydrogens is 506 g/mol. The SMILES string of the molecule is COc1ccc(-c2csc(NC(=O)CSc3nnc(-c4ccco4)n3-c3ccc(Cl)cc3)n2)cc1. The van der Waals surface area contributed by atoms with E-state index in [9.17, 15) is 4.79 Å². The zero-order valence-corrected chi connectivity index (χ0v) is 20.7. The van der Waals surface area contributed by atoms with Gasteiger partial charge in [0.1, 0.15) is 5.75 Å². The number of amides is 1. The van der Waals surface area contributed by atoms with Gasteiger partial charge in [-0.05, 0) is 60.7 Å². The van der Waals surface area contributed by atoms with Crippen molar-refractivity contribution in [2.24, 2.45) is 0 Å². The third kappa shape index (κ3) is 5.24. The summed E-state index contributed by atoms with van der Waals surface area (Å²) in [6.07, 6.45) is 1.57. The van der Waals surface area contributed by atoms with Crippen molar-refractivity contribution in [3.8, 4) is 34.3 Å². The van der Waals surface area contributed by atoms with Crippen molar-refractivity contribution in [1.29, 1.82) is 0 Å². The van der Waals surface area contributed by atoms with Gasteiger partial charge in [-0.3, -0.25) is 9.36 Å². The average Bonchev–Trinajstić information content (AvgIpc) is 3.64. The first kappa shape index (κ1) is 23.2. The summed E-state index contributed by atoms with van der Waals surface area (Å²) < 4.78 is 12.5. The van der Waals surface area contributed by atoms with E-state index >= 15 is 0 Å². The van der Waals surface area contributed by atoms with Crippen molar-refractivity contribution in [2.45, 2.75) is 5.16 Å². The molecule has 0 spiro atoms. The molecule has 0 atom stereocenters. The van der Waals surface area contributed by atoms with Gasteiger partial charge in [-0.2, -0.15) is 0 Å². The Morgan fingerprint density at radius 1 is 1.14 bits per heavy atom. The summed E-state index contributed by atoms with van der Waals surface area (Å²) in [5.74, 6) is 1.80. The van der Waals surface area contributed by atoms with Crippen molar-refractivity contribution in [3.63, 3.8) is 0 Å². The molecule has 1 amide bonds. The third-order valence-electron chi connectivity index (χ3n) is 4.93. The number of hydrogen-bond donors (Lipinski definition) is 1. The maximum absolute atomic E-state index is 12.7. The first-order valence-electron chi connectivity index (χ1n) is 10.4. The Morgan fingerprint density at radius 2 is 1.94 bits per heavy atom. The Hall–Kier alpha value is -3.60. The second-order valence-corrected chi connectivity index (χ2v) is 9.44. The standard InChI is InChI=1S/C24H18ClN5O3S2/c1-32-18-10-4-15(5-11-18)19-13-34-23(26-19)27-21(31)14-35-24-29-28-22(20-3-2-12-33-20)30(24)17-8-6-16(25)7-9-17/h2-13H,14H2,1H3,(H,26,27,31). The van der Waals surface area contributed by atoms with E-state index in [1.54, 1.807) is 37.6 Å². The molecule has 11 heteroatoms. The second-order valence-electron chi connectivity index (χ2n) is 7.20. The Morgan fingerprint density at radius 3 is 2.66 bits per heavy atom. The minimum atomic E-state index is -0.198. The minimum Gasteiger partial charge on any atom is -0.497 e. The highest BCUT2D eigenvalue weighted by Crippen LogP contribution is 2.30. The molecule has 3 aromatic heterocycles. The van der Waals surface area contributed by atoms with Gasteiger partial charge in [0.25, 0.3) is 0 Å². The Labute approximate surface area is 213 Å². The molecule has 5 aromatic rings. The molecule has 0 fully saturated rings. The van der Waals surface area contributed by atoms with Crippen molar-refractivity contribution in [2.75, 3.05) is 18.2 Å². The van der Waals surface area contributed by atoms with Gasteiger partial charge in [-0.25, -0.2) is 4.98 Å². The molecular formula is C24H18ClN5O3S2. The number of hydrogen-bond acceptors (Lipinski definition) is 8. The van der Waals surface area contributed by atoms with Crippen LogP contribution in [0.2, 0.25) is 5.02 Å². The maximum Gasteiger partial charge on any atom is 0.236 e. The quantitative estimate of drug-likeness (QED) is 0.247. The van der Waals surface area contributed by atoms with Crippen LogP contribution in [0, 0.1) is 0 Å². The summed E-state index contributed by atoms with van der Waals surface area (Å²) in [4.78, 5) is 17.2. The van der Waals surface area contributed by atoms with Gasteiger partial charge in [0.2, 0.25) is 11.7 Å². The molecule has 0 aliphatic carbocycles. The van der Waals surface area contributed by atoms with E-state index in [0.29, 0.717) is 26.9 Å². The number of furan rings is 1. The lowest BCUT2D eigenvalue weighted by Gasteiger charge is -2.09. The van der Waals surface area contributed by atoms with Gasteiger partial charge in [0.15, 0.2) is 16.0 Å². The van der Waals surface area contributed by atoms with E-state index in [2.05, 4.69) is 20.5 Å². The molecule has 3 heterocycles. The summed E-state index contributed by atoms with van der Waals surface area (Å²) in [7, 11) is 1.62. The fourth-order valence-electron chi connectivity index (χ4n) is 3.26. The molecule has 176 valence electrons. The van der Waals surface area contributed by atoms with Crippen molar-refractivity contribution in [1.82, 2.24) is 19.7 Å². The van der Waals surface area contributed by atoms with Gasteiger partial charge in [-0.1, -0.05) is 23.4 Å². The molecule has 2 aromatic carbocycles. The predicted molar refractivity (Wildman–Crippen MR) is 138 cm³/mol. The zero-order valence-electron chi connectivity index (χ0n) is 18.3. The van der Waals surface area contributed by atoms with E-state index in [-0.39, 0.29) is 11.7 Å². The number of nitrogens with zero attached hydrogens (tertiary/aromatic N) is 4. The van der Waals surface area contributed by atoms with E-state index < -0.39 is 0 Å². The second kappa shape index (κ2) is 10.3. The van der Waals surface area contributed by atoms with E-state index in [0.717, 1.165) is 22.7 Å². The van der Waals surface area contributed by atoms with E-state index in [1.807, 2.05) is 46.3 Å². The number of thiazole rings is 1. The summed E-state index contributed by atoms with van der Waals surface area (Å²) in [6, 6.07) is 18.5. The highest BCUT2D eigenvalue weighted by atomic mass is 35.5. The number of rotatable bonds is 8. The number of carbonyl (C=O) groups excluding carboxylic acids is 1. The van der Waals surface area contributed by atoms with Gasteiger partial charge in [0.05, 0.1) is 24.8 Å². The molecule has 1 N–H and O–H groups in total. The first-order chi connectivity index (χ1) is 17.1. The number of methoxy groups -OCH3 is 1. The molecule has 0 aliphatic rings. The molecule has 0 saturated heterocycles. The molecule has 0 bridgehead atoms. The monoisotopic (exact) mass is 523 g/mol. The van der Waals surface area contributed by atoms with Crippen molar-refractivity contribution >= 4 is 45.7 Å². The summed E-state index contributed by atoms with van der Waals surface area (Å²) in [6.45, 7) is 0. The fourth-order valence-corrected chi connectivity index (χ4v) is 4.88. The van der Waals surface area contributed by atoms with Gasteiger partial charge < -0.3 is 14.5 Å². The number of carbonyl (C=O) groups is 1. The summed E-state index contributed by atoms with van der Waals surface area (Å²) in [5, 5.41) is 15.0. The normalized spacial score (nSPS) is 10.9. The first-order valence-corrected chi connectivity index (χ1v) is 12.6. The average molecular weight is 524 g/mol. The third-order valence-corrected chi connectivity index (χ3v) is 6.87. The van der Waals surface area contributed by atoms with Gasteiger partial charge in [0, 0.05) is 21.7 Å². The Balaban J connectivity index is 1.29. The largest absolute Gasteiger partial charge is 0.497 e. The van der Waals surface area contributed by atoms with Crippen LogP contribution in [0.5, 0.6) is 5.75 Å². The lowest BCUT2D eigenvalue weighted by Crippen LogP contribution is -2.14. The zero-order chi connectivity index (χ0) is 24.2. The van der Waals surface area contributed by atoms with Crippen LogP contribution in [0.3, 0.4) is 0 Å². The topological polar surface area (TPSA) is 95.1 Å². The molecule has 0 saturated carbocycles. The number of aromatic nitrogens is 4. The summed E-state index contributed by atoms with van der Waals surface area (Å²) in [5.41, 5.74) is 2.53. The Kier molecular flexibility index (Phi) is 6.84. The van der Waals surface area contributed by atoms with Crippen LogP contribution in [-0.4, -0.2) is 38.5 Å². The van der Waals surface area contributed by atoms with Gasteiger partial charge >= 0.3 is 0 Å². The van der Waals surface area contributed by atoms with Crippen LogP contribution in [0.4, 0.5) is 5.13 Å². The highest BCUT2D eigenvalue weighted by molar-refractivity contribution is 7.99. The van der Waals surface area contributed by atoms with Gasteiger partial charge in [-0.15, -0.1) is 21.5 Å². The summed E-state index contributed by atoms with van der Waals surface area (Å²) >= 11 is 8.69. The Bertz CT molecular complexity index is 1430. The number of benzene rings is 2. The number of anilines is 1. The van der Waals surface area contributed by atoms with Crippen LogP contribution in [0.1, 0.15) is 0 Å². The highest BCUT2D eigenvalue weighted by Gasteiger charge is 2.19. The molecule has 0 aliphatic heterocycles. The van der Waals surface area contributed by atoms with Crippen molar-refractivity contribution < 1.29 is 13.9 Å².